The first-order chi connectivity index (χ1) is 6.84. The Kier molecular flexibility index (Phi) is 6.16. The molecule has 0 radical (unpaired) electrons. The molecule has 0 aliphatic heterocycles. The molecule has 3 N–H and O–H groups in total. The monoisotopic (exact) mass is 228 g/mol. The van der Waals surface area contributed by atoms with Crippen LogP contribution in [0.1, 0.15) is 20.3 Å². The number of rotatable bonds is 6. The molecule has 3 nitrogen and oxygen atoms in total. The third-order valence-electron chi connectivity index (χ3n) is 2.12. The summed E-state index contributed by atoms with van der Waals surface area (Å²) in [5.74, 6) is 0. The van der Waals surface area contributed by atoms with Crippen molar-refractivity contribution in [2.24, 2.45) is 5.73 Å². The molecule has 0 spiro atoms. The summed E-state index contributed by atoms with van der Waals surface area (Å²) in [6, 6.07) is -2.67. The molecule has 0 aliphatic carbocycles. The van der Waals surface area contributed by atoms with Gasteiger partial charge in [-0.1, -0.05) is 6.92 Å². The van der Waals surface area contributed by atoms with E-state index in [0.29, 0.717) is 6.42 Å². The van der Waals surface area contributed by atoms with Gasteiger partial charge in [-0.15, -0.1) is 0 Å². The predicted molar refractivity (Wildman–Crippen MR) is 52.4 cm³/mol. The minimum Gasteiger partial charge on any atom is -0.395 e. The SMILES string of the molecule is CCCN(CCO)C(C(C)N)C(F)(F)F. The molecule has 0 bridgehead atoms. The first-order valence-corrected chi connectivity index (χ1v) is 5.01. The van der Waals surface area contributed by atoms with Crippen LogP contribution in [0.25, 0.3) is 0 Å². The lowest BCUT2D eigenvalue weighted by Crippen LogP contribution is -2.55. The van der Waals surface area contributed by atoms with Crippen LogP contribution >= 0.6 is 0 Å². The van der Waals surface area contributed by atoms with Crippen molar-refractivity contribution >= 4 is 0 Å². The van der Waals surface area contributed by atoms with E-state index in [0.717, 1.165) is 0 Å². The fourth-order valence-corrected chi connectivity index (χ4v) is 1.64. The molecule has 2 atom stereocenters. The Morgan fingerprint density at radius 3 is 2.13 bits per heavy atom. The van der Waals surface area contributed by atoms with Crippen molar-refractivity contribution in [3.05, 3.63) is 0 Å². The molecule has 0 saturated heterocycles. The summed E-state index contributed by atoms with van der Waals surface area (Å²) in [5.41, 5.74) is 5.34. The van der Waals surface area contributed by atoms with Gasteiger partial charge in [-0.2, -0.15) is 13.2 Å². The Labute approximate surface area is 88.0 Å². The van der Waals surface area contributed by atoms with Gasteiger partial charge in [-0.05, 0) is 19.9 Å². The van der Waals surface area contributed by atoms with E-state index in [-0.39, 0.29) is 19.7 Å². The quantitative estimate of drug-likeness (QED) is 0.712. The number of nitrogens with two attached hydrogens (primary N) is 1. The minimum absolute atomic E-state index is 0.000440. The highest BCUT2D eigenvalue weighted by Gasteiger charge is 2.45. The summed E-state index contributed by atoms with van der Waals surface area (Å²) in [5, 5.41) is 8.71. The van der Waals surface area contributed by atoms with Gasteiger partial charge in [0.2, 0.25) is 0 Å². The van der Waals surface area contributed by atoms with E-state index in [9.17, 15) is 13.2 Å². The Hall–Kier alpha value is -0.330. The van der Waals surface area contributed by atoms with Gasteiger partial charge >= 0.3 is 6.18 Å². The number of nitrogens with zero attached hydrogens (tertiary/aromatic N) is 1. The fraction of sp³-hybridized carbons (Fsp3) is 1.00. The number of aliphatic hydroxyl groups excluding tert-OH is 1. The van der Waals surface area contributed by atoms with Crippen LogP contribution in [-0.4, -0.2) is 48.0 Å². The lowest BCUT2D eigenvalue weighted by Gasteiger charge is -2.34. The Morgan fingerprint density at radius 1 is 1.33 bits per heavy atom. The summed E-state index contributed by atoms with van der Waals surface area (Å²) in [6.07, 6.45) is -3.75. The first kappa shape index (κ1) is 14.7. The maximum absolute atomic E-state index is 12.7. The van der Waals surface area contributed by atoms with E-state index >= 15 is 0 Å². The third kappa shape index (κ3) is 4.81. The van der Waals surface area contributed by atoms with Gasteiger partial charge in [-0.25, -0.2) is 0 Å². The van der Waals surface area contributed by atoms with E-state index in [1.54, 1.807) is 6.92 Å². The molecule has 92 valence electrons. The van der Waals surface area contributed by atoms with E-state index < -0.39 is 18.3 Å². The maximum atomic E-state index is 12.7. The van der Waals surface area contributed by atoms with E-state index in [4.69, 9.17) is 10.8 Å². The highest BCUT2D eigenvalue weighted by molar-refractivity contribution is 4.85. The molecule has 0 saturated carbocycles. The van der Waals surface area contributed by atoms with Gasteiger partial charge in [0.1, 0.15) is 6.04 Å². The van der Waals surface area contributed by atoms with Crippen molar-refractivity contribution in [1.29, 1.82) is 0 Å². The predicted octanol–water partition coefficient (Wildman–Crippen LogP) is 0.969. The van der Waals surface area contributed by atoms with Crippen LogP contribution < -0.4 is 5.73 Å². The van der Waals surface area contributed by atoms with Crippen LogP contribution in [0.5, 0.6) is 0 Å². The van der Waals surface area contributed by atoms with Crippen molar-refractivity contribution in [1.82, 2.24) is 4.90 Å². The van der Waals surface area contributed by atoms with Crippen LogP contribution in [0.4, 0.5) is 13.2 Å². The molecule has 0 heterocycles. The van der Waals surface area contributed by atoms with Crippen molar-refractivity contribution in [3.63, 3.8) is 0 Å². The van der Waals surface area contributed by atoms with E-state index in [1.807, 2.05) is 0 Å². The number of hydrogen-bond donors (Lipinski definition) is 2. The lowest BCUT2D eigenvalue weighted by atomic mass is 10.1. The van der Waals surface area contributed by atoms with Gasteiger partial charge in [0, 0.05) is 12.6 Å². The van der Waals surface area contributed by atoms with Crippen molar-refractivity contribution in [2.45, 2.75) is 38.5 Å². The zero-order valence-corrected chi connectivity index (χ0v) is 9.09. The van der Waals surface area contributed by atoms with E-state index in [2.05, 4.69) is 0 Å². The molecule has 0 aliphatic rings. The van der Waals surface area contributed by atoms with Crippen molar-refractivity contribution < 1.29 is 18.3 Å². The Balaban J connectivity index is 4.67. The summed E-state index contributed by atoms with van der Waals surface area (Å²) in [4.78, 5) is 1.19. The second kappa shape index (κ2) is 6.30. The molecule has 0 aromatic heterocycles. The molecule has 15 heavy (non-hydrogen) atoms. The molecule has 0 aromatic rings. The Bertz CT molecular complexity index is 167. The standard InChI is InChI=1S/C9H19F3N2O/c1-3-4-14(5-6-15)8(7(2)13)9(10,11)12/h7-8,15H,3-6,13H2,1-2H3. The summed E-state index contributed by atoms with van der Waals surface area (Å²) in [6.45, 7) is 3.11. The molecule has 6 heteroatoms. The summed E-state index contributed by atoms with van der Waals surface area (Å²) >= 11 is 0. The highest BCUT2D eigenvalue weighted by atomic mass is 19.4. The van der Waals surface area contributed by atoms with Gasteiger partial charge in [0.05, 0.1) is 6.61 Å². The summed E-state index contributed by atoms with van der Waals surface area (Å²) in [7, 11) is 0. The maximum Gasteiger partial charge on any atom is 0.405 e. The zero-order valence-electron chi connectivity index (χ0n) is 9.09. The first-order valence-electron chi connectivity index (χ1n) is 5.01. The van der Waals surface area contributed by atoms with Crippen LogP contribution in [-0.2, 0) is 0 Å². The van der Waals surface area contributed by atoms with Gasteiger partial charge < -0.3 is 10.8 Å². The molecule has 0 aromatic carbocycles. The Morgan fingerprint density at radius 2 is 1.87 bits per heavy atom. The van der Waals surface area contributed by atoms with Crippen molar-refractivity contribution in [2.75, 3.05) is 19.7 Å². The molecule has 0 amide bonds. The molecule has 2 unspecified atom stereocenters. The van der Waals surface area contributed by atoms with Gasteiger partial charge in [-0.3, -0.25) is 4.90 Å². The van der Waals surface area contributed by atoms with Gasteiger partial charge in [0.15, 0.2) is 0 Å². The minimum atomic E-state index is -4.35. The number of aliphatic hydroxyl groups is 1. The molecule has 0 fully saturated rings. The number of alkyl halides is 3. The van der Waals surface area contributed by atoms with Gasteiger partial charge in [0.25, 0.3) is 0 Å². The average Bonchev–Trinajstić information content (AvgIpc) is 2.01. The second-order valence-corrected chi connectivity index (χ2v) is 3.61. The zero-order chi connectivity index (χ0) is 12.1. The highest BCUT2D eigenvalue weighted by Crippen LogP contribution is 2.26. The smallest absolute Gasteiger partial charge is 0.395 e. The normalized spacial score (nSPS) is 16.8. The average molecular weight is 228 g/mol. The molecular formula is C9H19F3N2O. The molecular weight excluding hydrogens is 209 g/mol. The molecule has 0 rings (SSSR count). The number of halogens is 3. The third-order valence-corrected chi connectivity index (χ3v) is 2.12. The van der Waals surface area contributed by atoms with Crippen LogP contribution in [0.15, 0.2) is 0 Å². The lowest BCUT2D eigenvalue weighted by molar-refractivity contribution is -0.189. The van der Waals surface area contributed by atoms with Crippen LogP contribution in [0, 0.1) is 0 Å². The van der Waals surface area contributed by atoms with Crippen molar-refractivity contribution in [3.8, 4) is 0 Å². The number of hydrogen-bond acceptors (Lipinski definition) is 3. The van der Waals surface area contributed by atoms with Crippen LogP contribution in [0.2, 0.25) is 0 Å². The van der Waals surface area contributed by atoms with Crippen LogP contribution in [0.3, 0.4) is 0 Å². The fourth-order valence-electron chi connectivity index (χ4n) is 1.64. The second-order valence-electron chi connectivity index (χ2n) is 3.61. The summed E-state index contributed by atoms with van der Waals surface area (Å²) < 4.78 is 38.0. The topological polar surface area (TPSA) is 49.5 Å². The van der Waals surface area contributed by atoms with E-state index in [1.165, 1.54) is 11.8 Å². The largest absolute Gasteiger partial charge is 0.405 e.